The van der Waals surface area contributed by atoms with E-state index < -0.39 is 0 Å². The van der Waals surface area contributed by atoms with Gasteiger partial charge < -0.3 is 4.74 Å². The summed E-state index contributed by atoms with van der Waals surface area (Å²) < 4.78 is 4.60. The van der Waals surface area contributed by atoms with Crippen LogP contribution in [0.3, 0.4) is 0 Å². The number of allylic oxidation sites excluding steroid dienone is 2. The summed E-state index contributed by atoms with van der Waals surface area (Å²) in [6.45, 7) is 0. The summed E-state index contributed by atoms with van der Waals surface area (Å²) in [5, 5.41) is 1.12. The van der Waals surface area contributed by atoms with Gasteiger partial charge in [0, 0.05) is 11.8 Å². The monoisotopic (exact) mass is 318 g/mol. The van der Waals surface area contributed by atoms with Crippen LogP contribution in [0.1, 0.15) is 64.2 Å². The Morgan fingerprint density at radius 1 is 0.944 bits per heavy atom. The van der Waals surface area contributed by atoms with Gasteiger partial charge in [-0.05, 0) is 38.5 Å². The summed E-state index contributed by atoms with van der Waals surface area (Å²) in [5.41, 5.74) is 0. The van der Waals surface area contributed by atoms with E-state index in [4.69, 9.17) is 0 Å². The zero-order chi connectivity index (χ0) is 13.5. The summed E-state index contributed by atoms with van der Waals surface area (Å²) in [7, 11) is 1.45. The molecule has 18 heavy (non-hydrogen) atoms. The molecule has 0 unspecified atom stereocenters. The van der Waals surface area contributed by atoms with Crippen molar-refractivity contribution >= 4 is 21.9 Å². The molecule has 0 saturated carbocycles. The fourth-order valence-electron chi connectivity index (χ4n) is 1.76. The summed E-state index contributed by atoms with van der Waals surface area (Å²) >= 11 is 3.43. The number of carbonyl (C=O) groups excluding carboxylic acids is 1. The van der Waals surface area contributed by atoms with Crippen LogP contribution in [0, 0.1) is 0 Å². The van der Waals surface area contributed by atoms with Crippen LogP contribution in [0.25, 0.3) is 0 Å². The lowest BCUT2D eigenvalue weighted by molar-refractivity contribution is -0.140. The standard InChI is InChI=1S/C15H27BrO2/c1-18-15(17)13-11-9-7-5-3-2-4-6-8-10-12-14-16/h4,6H,2-3,5,7-14H2,1H3/b6-4-. The van der Waals surface area contributed by atoms with Crippen molar-refractivity contribution in [2.75, 3.05) is 12.4 Å². The van der Waals surface area contributed by atoms with E-state index in [1.165, 1.54) is 52.1 Å². The Bertz CT molecular complexity index is 215. The number of ether oxygens (including phenoxy) is 1. The average molecular weight is 319 g/mol. The van der Waals surface area contributed by atoms with E-state index >= 15 is 0 Å². The number of hydrogen-bond donors (Lipinski definition) is 0. The molecule has 0 aliphatic carbocycles. The smallest absolute Gasteiger partial charge is 0.305 e. The molecule has 0 bridgehead atoms. The van der Waals surface area contributed by atoms with Crippen LogP contribution in [-0.2, 0) is 9.53 Å². The first-order valence-electron chi connectivity index (χ1n) is 7.09. The highest BCUT2D eigenvalue weighted by Gasteiger charge is 1.98. The minimum absolute atomic E-state index is 0.0820. The molecule has 0 aliphatic rings. The summed E-state index contributed by atoms with van der Waals surface area (Å²) in [5.74, 6) is -0.0820. The number of esters is 1. The molecule has 0 aromatic rings. The lowest BCUT2D eigenvalue weighted by Crippen LogP contribution is -1.98. The second kappa shape index (κ2) is 14.7. The summed E-state index contributed by atoms with van der Waals surface area (Å²) in [4.78, 5) is 10.9. The lowest BCUT2D eigenvalue weighted by Gasteiger charge is -2.00. The fraction of sp³-hybridized carbons (Fsp3) is 0.800. The molecule has 3 heteroatoms. The first-order valence-corrected chi connectivity index (χ1v) is 8.21. The van der Waals surface area contributed by atoms with Crippen LogP contribution in [0.4, 0.5) is 0 Å². The normalized spacial score (nSPS) is 11.0. The fourth-order valence-corrected chi connectivity index (χ4v) is 2.15. The topological polar surface area (TPSA) is 26.3 Å². The highest BCUT2D eigenvalue weighted by molar-refractivity contribution is 9.09. The first-order chi connectivity index (χ1) is 8.81. The maximum absolute atomic E-state index is 10.9. The van der Waals surface area contributed by atoms with Gasteiger partial charge in [-0.3, -0.25) is 4.79 Å². The molecule has 0 atom stereocenters. The van der Waals surface area contributed by atoms with Gasteiger partial charge in [0.05, 0.1) is 7.11 Å². The van der Waals surface area contributed by atoms with Crippen LogP contribution in [0.2, 0.25) is 0 Å². The van der Waals surface area contributed by atoms with Gasteiger partial charge >= 0.3 is 5.97 Å². The van der Waals surface area contributed by atoms with Crippen LogP contribution < -0.4 is 0 Å². The Morgan fingerprint density at radius 3 is 2.11 bits per heavy atom. The summed E-state index contributed by atoms with van der Waals surface area (Å²) in [6, 6.07) is 0. The lowest BCUT2D eigenvalue weighted by atomic mass is 10.1. The molecule has 0 radical (unpaired) electrons. The van der Waals surface area contributed by atoms with E-state index in [-0.39, 0.29) is 5.97 Å². The zero-order valence-corrected chi connectivity index (χ0v) is 13.2. The minimum Gasteiger partial charge on any atom is -0.469 e. The minimum atomic E-state index is -0.0820. The number of carbonyl (C=O) groups is 1. The highest BCUT2D eigenvalue weighted by atomic mass is 79.9. The van der Waals surface area contributed by atoms with E-state index in [1.54, 1.807) is 0 Å². The number of halogens is 1. The number of methoxy groups -OCH3 is 1. The molecule has 0 rings (SSSR count). The van der Waals surface area contributed by atoms with Crippen molar-refractivity contribution < 1.29 is 9.53 Å². The van der Waals surface area contributed by atoms with Crippen molar-refractivity contribution in [3.63, 3.8) is 0 Å². The van der Waals surface area contributed by atoms with Gasteiger partial charge in [-0.1, -0.05) is 47.3 Å². The maximum atomic E-state index is 10.9. The van der Waals surface area contributed by atoms with Crippen molar-refractivity contribution in [2.45, 2.75) is 64.2 Å². The van der Waals surface area contributed by atoms with Crippen LogP contribution in [0.15, 0.2) is 12.2 Å². The number of unbranched alkanes of at least 4 members (excludes halogenated alkanes) is 7. The Kier molecular flexibility index (Phi) is 14.5. The Labute approximate surface area is 120 Å². The third-order valence-electron chi connectivity index (χ3n) is 2.90. The van der Waals surface area contributed by atoms with Crippen LogP contribution in [-0.4, -0.2) is 18.4 Å². The SMILES string of the molecule is COC(=O)CCCCCCC/C=C\CCCCBr. The first kappa shape index (κ1) is 17.7. The van der Waals surface area contributed by atoms with Gasteiger partial charge in [0.25, 0.3) is 0 Å². The number of hydrogen-bond acceptors (Lipinski definition) is 2. The van der Waals surface area contributed by atoms with Crippen molar-refractivity contribution in [1.29, 1.82) is 0 Å². The van der Waals surface area contributed by atoms with E-state index in [9.17, 15) is 4.79 Å². The molecular weight excluding hydrogens is 292 g/mol. The summed E-state index contributed by atoms with van der Waals surface area (Å²) in [6.07, 6.45) is 16.0. The number of alkyl halides is 1. The van der Waals surface area contributed by atoms with Crippen molar-refractivity contribution in [3.05, 3.63) is 12.2 Å². The predicted octanol–water partition coefficient (Wildman–Crippen LogP) is 5.01. The molecule has 0 heterocycles. The Morgan fingerprint density at radius 2 is 1.50 bits per heavy atom. The zero-order valence-electron chi connectivity index (χ0n) is 11.6. The molecule has 0 fully saturated rings. The van der Waals surface area contributed by atoms with Crippen LogP contribution >= 0.6 is 15.9 Å². The molecule has 0 amide bonds. The molecule has 0 aromatic heterocycles. The second-order valence-corrected chi connectivity index (χ2v) is 5.33. The van der Waals surface area contributed by atoms with Gasteiger partial charge in [-0.15, -0.1) is 0 Å². The van der Waals surface area contributed by atoms with Crippen molar-refractivity contribution in [1.82, 2.24) is 0 Å². The van der Waals surface area contributed by atoms with E-state index in [2.05, 4.69) is 32.8 Å². The largest absolute Gasteiger partial charge is 0.469 e. The van der Waals surface area contributed by atoms with E-state index in [0.717, 1.165) is 18.2 Å². The molecule has 2 nitrogen and oxygen atoms in total. The van der Waals surface area contributed by atoms with Gasteiger partial charge in [0.1, 0.15) is 0 Å². The molecule has 0 N–H and O–H groups in total. The van der Waals surface area contributed by atoms with Crippen LogP contribution in [0.5, 0.6) is 0 Å². The molecular formula is C15H27BrO2. The second-order valence-electron chi connectivity index (χ2n) is 4.54. The maximum Gasteiger partial charge on any atom is 0.305 e. The quantitative estimate of drug-likeness (QED) is 0.219. The number of rotatable bonds is 12. The Balaban J connectivity index is 3.09. The molecule has 0 aliphatic heterocycles. The van der Waals surface area contributed by atoms with Gasteiger partial charge in [0.15, 0.2) is 0 Å². The third kappa shape index (κ3) is 13.8. The molecule has 0 spiro atoms. The molecule has 106 valence electrons. The van der Waals surface area contributed by atoms with Gasteiger partial charge in [-0.2, -0.15) is 0 Å². The highest BCUT2D eigenvalue weighted by Crippen LogP contribution is 2.08. The van der Waals surface area contributed by atoms with E-state index in [0.29, 0.717) is 6.42 Å². The van der Waals surface area contributed by atoms with Gasteiger partial charge in [-0.25, -0.2) is 0 Å². The van der Waals surface area contributed by atoms with Crippen molar-refractivity contribution in [3.8, 4) is 0 Å². The Hall–Kier alpha value is -0.310. The predicted molar refractivity (Wildman–Crippen MR) is 81.1 cm³/mol. The average Bonchev–Trinajstić information content (AvgIpc) is 2.39. The van der Waals surface area contributed by atoms with Crippen molar-refractivity contribution in [2.24, 2.45) is 0 Å². The van der Waals surface area contributed by atoms with E-state index in [1.807, 2.05) is 0 Å². The third-order valence-corrected chi connectivity index (χ3v) is 3.46. The molecule has 0 saturated heterocycles. The van der Waals surface area contributed by atoms with Gasteiger partial charge in [0.2, 0.25) is 0 Å². The molecule has 0 aromatic carbocycles.